The number of rotatable bonds is 4. The molecule has 0 aliphatic carbocycles. The molecule has 1 amide bonds. The van der Waals surface area contributed by atoms with Crippen molar-refractivity contribution in [2.45, 2.75) is 44.9 Å². The number of carbonyl (C=O) groups excluding carboxylic acids is 1. The van der Waals surface area contributed by atoms with Crippen LogP contribution in [0.5, 0.6) is 0 Å². The van der Waals surface area contributed by atoms with E-state index in [-0.39, 0.29) is 5.91 Å². The summed E-state index contributed by atoms with van der Waals surface area (Å²) < 4.78 is 0. The predicted molar refractivity (Wildman–Crippen MR) is 114 cm³/mol. The van der Waals surface area contributed by atoms with Crippen LogP contribution in [-0.4, -0.2) is 42.0 Å². The third-order valence-electron chi connectivity index (χ3n) is 6.21. The van der Waals surface area contributed by atoms with Crippen LogP contribution >= 0.6 is 0 Å². The first-order valence-corrected chi connectivity index (χ1v) is 10.8. The molecule has 0 radical (unpaired) electrons. The monoisotopic (exact) mass is 377 g/mol. The lowest BCUT2D eigenvalue weighted by Crippen LogP contribution is -2.35. The quantitative estimate of drug-likeness (QED) is 0.784. The minimum atomic E-state index is 0.0926. The van der Waals surface area contributed by atoms with Gasteiger partial charge in [0.25, 0.3) is 5.91 Å². The maximum Gasteiger partial charge on any atom is 0.272 e. The van der Waals surface area contributed by atoms with Gasteiger partial charge in [-0.1, -0.05) is 43.2 Å². The highest BCUT2D eigenvalue weighted by molar-refractivity contribution is 5.92. The molecule has 4 nitrogen and oxygen atoms in total. The van der Waals surface area contributed by atoms with E-state index in [4.69, 9.17) is 0 Å². The molecule has 0 unspecified atom stereocenters. The average Bonchev–Trinajstić information content (AvgIpc) is 3.04. The number of hydrogen-bond donors (Lipinski definition) is 0. The maximum absolute atomic E-state index is 12.7. The summed E-state index contributed by atoms with van der Waals surface area (Å²) in [7, 11) is 0. The lowest BCUT2D eigenvalue weighted by atomic mass is 9.90. The molecule has 28 heavy (non-hydrogen) atoms. The van der Waals surface area contributed by atoms with Gasteiger partial charge in [0.15, 0.2) is 0 Å². The van der Waals surface area contributed by atoms with Gasteiger partial charge >= 0.3 is 0 Å². The smallest absolute Gasteiger partial charge is 0.272 e. The average molecular weight is 378 g/mol. The fourth-order valence-electron chi connectivity index (χ4n) is 4.48. The van der Waals surface area contributed by atoms with Crippen molar-refractivity contribution in [2.75, 3.05) is 31.1 Å². The highest BCUT2D eigenvalue weighted by atomic mass is 16.2. The van der Waals surface area contributed by atoms with Crippen LogP contribution in [0.4, 0.5) is 5.69 Å². The Morgan fingerprint density at radius 1 is 0.893 bits per heavy atom. The second-order valence-corrected chi connectivity index (χ2v) is 8.23. The molecule has 0 atom stereocenters. The fourth-order valence-corrected chi connectivity index (χ4v) is 4.48. The van der Waals surface area contributed by atoms with Crippen molar-refractivity contribution in [3.63, 3.8) is 0 Å². The lowest BCUT2D eigenvalue weighted by molar-refractivity contribution is 0.0756. The number of hydrogen-bond acceptors (Lipinski definition) is 3. The Morgan fingerprint density at radius 2 is 1.61 bits per heavy atom. The Labute approximate surface area is 168 Å². The standard InChI is InChI=1S/C24H31N3O/c28-24(27-14-6-1-2-7-15-27)23-11-10-22(19-25-23)26-16-12-21(13-17-26)18-20-8-4-3-5-9-20/h3-5,8-11,19,21H,1-2,6-7,12-18H2. The normalized spacial score (nSPS) is 18.7. The number of nitrogens with zero attached hydrogens (tertiary/aromatic N) is 3. The Hall–Kier alpha value is -2.36. The molecule has 2 aromatic rings. The Morgan fingerprint density at radius 3 is 2.25 bits per heavy atom. The van der Waals surface area contributed by atoms with Gasteiger partial charge in [0.05, 0.1) is 11.9 Å². The summed E-state index contributed by atoms with van der Waals surface area (Å²) in [5.74, 6) is 0.852. The first kappa shape index (κ1) is 19.0. The number of benzene rings is 1. The molecule has 0 bridgehead atoms. The zero-order valence-corrected chi connectivity index (χ0v) is 16.7. The molecule has 0 saturated carbocycles. The largest absolute Gasteiger partial charge is 0.370 e. The number of likely N-dealkylation sites (tertiary alicyclic amines) is 1. The van der Waals surface area contributed by atoms with E-state index in [9.17, 15) is 4.79 Å². The number of pyridine rings is 1. The first-order valence-electron chi connectivity index (χ1n) is 10.8. The molecule has 1 aromatic heterocycles. The van der Waals surface area contributed by atoms with Crippen LogP contribution in [0.2, 0.25) is 0 Å². The van der Waals surface area contributed by atoms with E-state index in [0.29, 0.717) is 5.69 Å². The number of aromatic nitrogens is 1. The molecular weight excluding hydrogens is 346 g/mol. The summed E-state index contributed by atoms with van der Waals surface area (Å²) in [5, 5.41) is 0. The summed E-state index contributed by atoms with van der Waals surface area (Å²) in [6, 6.07) is 14.8. The van der Waals surface area contributed by atoms with Crippen molar-refractivity contribution in [1.29, 1.82) is 0 Å². The zero-order chi connectivity index (χ0) is 19.2. The van der Waals surface area contributed by atoms with Gasteiger partial charge in [-0.25, -0.2) is 4.98 Å². The molecule has 0 N–H and O–H groups in total. The number of amides is 1. The van der Waals surface area contributed by atoms with E-state index < -0.39 is 0 Å². The highest BCUT2D eigenvalue weighted by Crippen LogP contribution is 2.25. The lowest BCUT2D eigenvalue weighted by Gasteiger charge is -2.33. The SMILES string of the molecule is O=C(c1ccc(N2CCC(Cc3ccccc3)CC2)cn1)N1CCCCCC1. The van der Waals surface area contributed by atoms with Gasteiger partial charge in [0.1, 0.15) is 5.69 Å². The molecule has 1 aromatic carbocycles. The van der Waals surface area contributed by atoms with Crippen LogP contribution in [0.3, 0.4) is 0 Å². The molecule has 2 aliphatic rings. The van der Waals surface area contributed by atoms with Crippen molar-refractivity contribution in [3.05, 3.63) is 59.9 Å². The summed E-state index contributed by atoms with van der Waals surface area (Å²) in [6.07, 6.45) is 10.2. The molecule has 4 heteroatoms. The van der Waals surface area contributed by atoms with E-state index in [1.165, 1.54) is 37.7 Å². The van der Waals surface area contributed by atoms with Gasteiger partial charge in [-0.05, 0) is 55.7 Å². The van der Waals surface area contributed by atoms with E-state index in [1.807, 2.05) is 17.2 Å². The summed E-state index contributed by atoms with van der Waals surface area (Å²) in [5.41, 5.74) is 3.18. The molecule has 0 spiro atoms. The van der Waals surface area contributed by atoms with E-state index in [0.717, 1.165) is 50.6 Å². The van der Waals surface area contributed by atoms with Crippen LogP contribution in [0.25, 0.3) is 0 Å². The third kappa shape index (κ3) is 4.73. The van der Waals surface area contributed by atoms with Crippen molar-refractivity contribution in [1.82, 2.24) is 9.88 Å². The Balaban J connectivity index is 1.31. The van der Waals surface area contributed by atoms with Gasteiger partial charge in [-0.2, -0.15) is 0 Å². The Kier molecular flexibility index (Phi) is 6.25. The van der Waals surface area contributed by atoms with Crippen molar-refractivity contribution < 1.29 is 4.79 Å². The molecular formula is C24H31N3O. The molecule has 148 valence electrons. The molecule has 2 fully saturated rings. The summed E-state index contributed by atoms with van der Waals surface area (Å²) in [4.78, 5) is 21.6. The van der Waals surface area contributed by atoms with Crippen LogP contribution < -0.4 is 4.90 Å². The van der Waals surface area contributed by atoms with Gasteiger partial charge in [0, 0.05) is 26.2 Å². The second kappa shape index (κ2) is 9.22. The van der Waals surface area contributed by atoms with E-state index in [2.05, 4.69) is 46.3 Å². The third-order valence-corrected chi connectivity index (χ3v) is 6.21. The minimum Gasteiger partial charge on any atom is -0.370 e. The van der Waals surface area contributed by atoms with Crippen molar-refractivity contribution >= 4 is 11.6 Å². The summed E-state index contributed by atoms with van der Waals surface area (Å²) in [6.45, 7) is 3.88. The highest BCUT2D eigenvalue weighted by Gasteiger charge is 2.21. The van der Waals surface area contributed by atoms with Crippen molar-refractivity contribution in [2.24, 2.45) is 5.92 Å². The molecule has 2 aliphatic heterocycles. The Bertz CT molecular complexity index is 743. The number of anilines is 1. The topological polar surface area (TPSA) is 36.4 Å². The number of carbonyl (C=O) groups is 1. The van der Waals surface area contributed by atoms with Crippen molar-refractivity contribution in [3.8, 4) is 0 Å². The fraction of sp³-hybridized carbons (Fsp3) is 0.500. The summed E-state index contributed by atoms with van der Waals surface area (Å²) >= 11 is 0. The minimum absolute atomic E-state index is 0.0926. The van der Waals surface area contributed by atoms with E-state index in [1.54, 1.807) is 0 Å². The van der Waals surface area contributed by atoms with Crippen LogP contribution in [0.15, 0.2) is 48.7 Å². The maximum atomic E-state index is 12.7. The van der Waals surface area contributed by atoms with Gasteiger partial charge in [-0.3, -0.25) is 4.79 Å². The molecule has 2 saturated heterocycles. The predicted octanol–water partition coefficient (Wildman–Crippen LogP) is 4.56. The van der Waals surface area contributed by atoms with Crippen LogP contribution in [0, 0.1) is 5.92 Å². The van der Waals surface area contributed by atoms with Crippen LogP contribution in [-0.2, 0) is 6.42 Å². The van der Waals surface area contributed by atoms with Gasteiger partial charge in [0.2, 0.25) is 0 Å². The zero-order valence-electron chi connectivity index (χ0n) is 16.7. The van der Waals surface area contributed by atoms with Gasteiger partial charge in [-0.15, -0.1) is 0 Å². The first-order chi connectivity index (χ1) is 13.8. The number of piperidine rings is 1. The molecule has 3 heterocycles. The van der Waals surface area contributed by atoms with E-state index >= 15 is 0 Å². The molecule has 4 rings (SSSR count). The van der Waals surface area contributed by atoms with Crippen LogP contribution in [0.1, 0.15) is 54.6 Å². The van der Waals surface area contributed by atoms with Gasteiger partial charge < -0.3 is 9.80 Å². The second-order valence-electron chi connectivity index (χ2n) is 8.23.